The van der Waals surface area contributed by atoms with Crippen molar-refractivity contribution >= 4 is 21.7 Å². The van der Waals surface area contributed by atoms with Crippen molar-refractivity contribution in [1.82, 2.24) is 10.2 Å². The molecule has 0 spiro atoms. The lowest BCUT2D eigenvalue weighted by Crippen LogP contribution is -2.45. The normalized spacial score (nSPS) is 25.1. The third-order valence-corrected chi connectivity index (χ3v) is 8.28. The Kier molecular flexibility index (Phi) is 5.99. The van der Waals surface area contributed by atoms with Gasteiger partial charge >= 0.3 is 0 Å². The van der Waals surface area contributed by atoms with Crippen LogP contribution in [0.15, 0.2) is 35.2 Å². The summed E-state index contributed by atoms with van der Waals surface area (Å²) in [5.74, 6) is -2.03. The molecule has 0 radical (unpaired) electrons. The van der Waals surface area contributed by atoms with Crippen LogP contribution in [-0.4, -0.2) is 49.0 Å². The molecular weight excluding hydrogens is 390 g/mol. The molecule has 0 aliphatic heterocycles. The van der Waals surface area contributed by atoms with E-state index in [1.165, 1.54) is 0 Å². The number of nitrogens with one attached hydrogen (secondary N) is 1. The highest BCUT2D eigenvalue weighted by Crippen LogP contribution is 2.41. The number of nitrogens with zero attached hydrogens (tertiary/aromatic N) is 2. The van der Waals surface area contributed by atoms with Gasteiger partial charge in [-0.1, -0.05) is 18.2 Å². The summed E-state index contributed by atoms with van der Waals surface area (Å²) in [6.07, 6.45) is 1.37. The molecular formula is C21H27N3O4S. The lowest BCUT2D eigenvalue weighted by molar-refractivity contribution is -0.140. The maximum atomic E-state index is 13.1. The molecule has 1 aromatic carbocycles. The second kappa shape index (κ2) is 8.15. The van der Waals surface area contributed by atoms with Crippen molar-refractivity contribution in [3.8, 4) is 6.07 Å². The molecule has 7 nitrogen and oxygen atoms in total. The summed E-state index contributed by atoms with van der Waals surface area (Å²) in [5, 5.41) is 11.2. The van der Waals surface area contributed by atoms with Crippen molar-refractivity contribution in [3.63, 3.8) is 0 Å². The average Bonchev–Trinajstić information content (AvgIpc) is 3.34. The molecule has 29 heavy (non-hydrogen) atoms. The molecule has 0 bridgehead atoms. The number of benzene rings is 1. The van der Waals surface area contributed by atoms with Gasteiger partial charge in [0.1, 0.15) is 5.54 Å². The molecule has 2 fully saturated rings. The van der Waals surface area contributed by atoms with Crippen LogP contribution in [-0.2, 0) is 19.4 Å². The second-order valence-electron chi connectivity index (χ2n) is 7.86. The van der Waals surface area contributed by atoms with Gasteiger partial charge in [0.25, 0.3) is 0 Å². The zero-order valence-corrected chi connectivity index (χ0v) is 17.6. The molecule has 2 aliphatic rings. The van der Waals surface area contributed by atoms with Gasteiger partial charge in [0, 0.05) is 13.1 Å². The van der Waals surface area contributed by atoms with Gasteiger partial charge in [0.05, 0.1) is 28.1 Å². The summed E-state index contributed by atoms with van der Waals surface area (Å²) in [7, 11) is -3.66. The van der Waals surface area contributed by atoms with Gasteiger partial charge in [0.15, 0.2) is 9.84 Å². The predicted molar refractivity (Wildman–Crippen MR) is 107 cm³/mol. The lowest BCUT2D eigenvalue weighted by atomic mass is 9.93. The number of amides is 2. The summed E-state index contributed by atoms with van der Waals surface area (Å²) < 4.78 is 26.2. The molecule has 1 aromatic rings. The highest BCUT2D eigenvalue weighted by atomic mass is 32.2. The van der Waals surface area contributed by atoms with Crippen LogP contribution in [0.5, 0.6) is 0 Å². The molecule has 3 rings (SSSR count). The molecule has 0 saturated heterocycles. The highest BCUT2D eigenvalue weighted by molar-refractivity contribution is 7.92. The Labute approximate surface area is 172 Å². The monoisotopic (exact) mass is 417 g/mol. The molecule has 3 unspecified atom stereocenters. The molecule has 2 saturated carbocycles. The van der Waals surface area contributed by atoms with Crippen LogP contribution >= 0.6 is 0 Å². The summed E-state index contributed by atoms with van der Waals surface area (Å²) in [6, 6.07) is 10.3. The molecule has 8 heteroatoms. The van der Waals surface area contributed by atoms with Crippen LogP contribution < -0.4 is 5.32 Å². The van der Waals surface area contributed by atoms with Crippen molar-refractivity contribution in [2.75, 3.05) is 13.1 Å². The fourth-order valence-corrected chi connectivity index (χ4v) is 5.94. The van der Waals surface area contributed by atoms with E-state index in [9.17, 15) is 23.3 Å². The minimum Gasteiger partial charge on any atom is -0.343 e. The Morgan fingerprint density at radius 3 is 2.24 bits per heavy atom. The largest absolute Gasteiger partial charge is 0.343 e. The third kappa shape index (κ3) is 4.15. The minimum absolute atomic E-state index is 0.0856. The van der Waals surface area contributed by atoms with E-state index < -0.39 is 32.5 Å². The maximum absolute atomic E-state index is 13.1. The van der Waals surface area contributed by atoms with Crippen LogP contribution in [0.4, 0.5) is 0 Å². The van der Waals surface area contributed by atoms with Crippen molar-refractivity contribution in [2.45, 2.75) is 55.2 Å². The van der Waals surface area contributed by atoms with Gasteiger partial charge in [-0.15, -0.1) is 0 Å². The molecule has 0 aromatic heterocycles. The van der Waals surface area contributed by atoms with Crippen LogP contribution in [0.1, 0.15) is 39.5 Å². The number of hydrogen-bond donors (Lipinski definition) is 1. The molecule has 3 atom stereocenters. The quantitative estimate of drug-likeness (QED) is 0.729. The zero-order chi connectivity index (χ0) is 21.2. The number of rotatable bonds is 7. The fourth-order valence-electron chi connectivity index (χ4n) is 4.10. The number of hydrogen-bond acceptors (Lipinski definition) is 5. The van der Waals surface area contributed by atoms with Crippen molar-refractivity contribution in [3.05, 3.63) is 30.3 Å². The van der Waals surface area contributed by atoms with E-state index in [0.29, 0.717) is 25.9 Å². The van der Waals surface area contributed by atoms with E-state index in [0.717, 1.165) is 0 Å². The second-order valence-corrected chi connectivity index (χ2v) is 10.1. The van der Waals surface area contributed by atoms with Gasteiger partial charge in [-0.2, -0.15) is 5.26 Å². The summed E-state index contributed by atoms with van der Waals surface area (Å²) in [6.45, 7) is 4.72. The first-order chi connectivity index (χ1) is 13.8. The van der Waals surface area contributed by atoms with Gasteiger partial charge in [0.2, 0.25) is 11.8 Å². The standard InChI is InChI=1S/C21H27N3O4S/c1-3-24(4-2)20(26)18-13-16(29(27,28)15-8-6-5-7-9-15)12-17(18)19(25)23-21(14-22)10-11-21/h5-9,16-18H,3-4,10-13H2,1-2H3,(H,23,25). The summed E-state index contributed by atoms with van der Waals surface area (Å²) in [4.78, 5) is 27.9. The number of carbonyl (C=O) groups is 2. The van der Waals surface area contributed by atoms with Gasteiger partial charge in [-0.3, -0.25) is 9.59 Å². The topological polar surface area (TPSA) is 107 Å². The van der Waals surface area contributed by atoms with E-state index in [-0.39, 0.29) is 29.6 Å². The zero-order valence-electron chi connectivity index (χ0n) is 16.8. The Hall–Kier alpha value is -2.40. The molecule has 2 amide bonds. The average molecular weight is 418 g/mol. The van der Waals surface area contributed by atoms with Crippen molar-refractivity contribution in [1.29, 1.82) is 5.26 Å². The maximum Gasteiger partial charge on any atom is 0.226 e. The number of nitriles is 1. The number of sulfone groups is 1. The first kappa shape index (κ1) is 21.3. The Morgan fingerprint density at radius 1 is 1.14 bits per heavy atom. The summed E-state index contributed by atoms with van der Waals surface area (Å²) in [5.41, 5.74) is -0.851. The first-order valence-corrected chi connectivity index (χ1v) is 11.6. The molecule has 156 valence electrons. The van der Waals surface area contributed by atoms with E-state index in [1.54, 1.807) is 35.2 Å². The van der Waals surface area contributed by atoms with E-state index in [4.69, 9.17) is 0 Å². The Bertz CT molecular complexity index is 915. The third-order valence-electron chi connectivity index (χ3n) is 6.09. The smallest absolute Gasteiger partial charge is 0.226 e. The fraction of sp³-hybridized carbons (Fsp3) is 0.571. The molecule has 2 aliphatic carbocycles. The lowest BCUT2D eigenvalue weighted by Gasteiger charge is -2.26. The van der Waals surface area contributed by atoms with Crippen molar-refractivity contribution in [2.24, 2.45) is 11.8 Å². The van der Waals surface area contributed by atoms with Gasteiger partial charge in [-0.05, 0) is 51.7 Å². The van der Waals surface area contributed by atoms with Crippen molar-refractivity contribution < 1.29 is 18.0 Å². The van der Waals surface area contributed by atoms with E-state index in [2.05, 4.69) is 11.4 Å². The SMILES string of the molecule is CCN(CC)C(=O)C1CC(S(=O)(=O)c2ccccc2)CC1C(=O)NC1(C#N)CC1. The molecule has 0 heterocycles. The van der Waals surface area contributed by atoms with Crippen LogP contribution in [0.25, 0.3) is 0 Å². The van der Waals surface area contributed by atoms with E-state index in [1.807, 2.05) is 13.8 Å². The number of carbonyl (C=O) groups excluding carboxylic acids is 2. The Balaban J connectivity index is 1.88. The Morgan fingerprint density at radius 2 is 1.72 bits per heavy atom. The first-order valence-electron chi connectivity index (χ1n) is 10.1. The van der Waals surface area contributed by atoms with Gasteiger partial charge in [-0.25, -0.2) is 8.42 Å². The van der Waals surface area contributed by atoms with Crippen LogP contribution in [0.3, 0.4) is 0 Å². The minimum atomic E-state index is -3.66. The van der Waals surface area contributed by atoms with Crippen LogP contribution in [0, 0.1) is 23.2 Å². The van der Waals surface area contributed by atoms with Crippen LogP contribution in [0.2, 0.25) is 0 Å². The predicted octanol–water partition coefficient (Wildman–Crippen LogP) is 1.90. The molecule has 1 N–H and O–H groups in total. The summed E-state index contributed by atoms with van der Waals surface area (Å²) >= 11 is 0. The highest BCUT2D eigenvalue weighted by Gasteiger charge is 2.51. The van der Waals surface area contributed by atoms with E-state index >= 15 is 0 Å². The van der Waals surface area contributed by atoms with Gasteiger partial charge < -0.3 is 10.2 Å².